The number of hydrogen-bond acceptors (Lipinski definition) is 3. The number of aromatic nitrogens is 2. The average Bonchev–Trinajstić information content (AvgIpc) is 2.85. The van der Waals surface area contributed by atoms with E-state index in [1.165, 1.54) is 24.6 Å². The monoisotopic (exact) mass is 456 g/mol. The zero-order chi connectivity index (χ0) is 24.1. The van der Waals surface area contributed by atoms with Crippen molar-refractivity contribution in [3.05, 3.63) is 107 Å². The summed E-state index contributed by atoms with van der Waals surface area (Å²) >= 11 is 0. The zero-order valence-corrected chi connectivity index (χ0v) is 19.3. The summed E-state index contributed by atoms with van der Waals surface area (Å²) in [5.74, 6) is -2.81. The second kappa shape index (κ2) is 10.0. The van der Waals surface area contributed by atoms with Crippen LogP contribution in [0.3, 0.4) is 0 Å². The lowest BCUT2D eigenvalue weighted by Crippen LogP contribution is -2.12. The third-order valence-corrected chi connectivity index (χ3v) is 5.87. The Morgan fingerprint density at radius 3 is 1.65 bits per heavy atom. The Labute approximate surface area is 198 Å². The molecule has 0 N–H and O–H groups in total. The van der Waals surface area contributed by atoms with E-state index in [0.29, 0.717) is 0 Å². The van der Waals surface area contributed by atoms with E-state index in [1.54, 1.807) is 24.5 Å². The highest BCUT2D eigenvalue weighted by Gasteiger charge is 2.28. The maximum Gasteiger partial charge on any atom is 0.273 e. The molecule has 34 heavy (non-hydrogen) atoms. The first-order chi connectivity index (χ1) is 16.4. The van der Waals surface area contributed by atoms with Gasteiger partial charge in [0.05, 0.1) is 11.4 Å². The molecule has 1 aromatic heterocycles. The van der Waals surface area contributed by atoms with Crippen molar-refractivity contribution < 1.29 is 13.6 Å². The van der Waals surface area contributed by atoms with E-state index in [0.717, 1.165) is 33.6 Å². The summed E-state index contributed by atoms with van der Waals surface area (Å²) in [6, 6.07) is 22.0. The van der Waals surface area contributed by atoms with E-state index < -0.39 is 5.92 Å². The van der Waals surface area contributed by atoms with Crippen LogP contribution in [0.5, 0.6) is 0 Å². The second-order valence-electron chi connectivity index (χ2n) is 8.46. The maximum absolute atomic E-state index is 13.8. The summed E-state index contributed by atoms with van der Waals surface area (Å²) in [5, 5.41) is 0. The number of halogens is 2. The van der Waals surface area contributed by atoms with Crippen molar-refractivity contribution in [3.8, 4) is 22.5 Å². The van der Waals surface area contributed by atoms with Crippen LogP contribution in [0.15, 0.2) is 85.2 Å². The predicted molar refractivity (Wildman–Crippen MR) is 131 cm³/mol. The Bertz CT molecular complexity index is 1270. The minimum atomic E-state index is -2.84. The van der Waals surface area contributed by atoms with Gasteiger partial charge in [-0.15, -0.1) is 0 Å². The Kier molecular flexibility index (Phi) is 6.92. The first kappa shape index (κ1) is 23.4. The van der Waals surface area contributed by atoms with Gasteiger partial charge in [-0.1, -0.05) is 85.3 Å². The van der Waals surface area contributed by atoms with Crippen LogP contribution < -0.4 is 0 Å². The summed E-state index contributed by atoms with van der Waals surface area (Å²) in [6.07, 6.45) is 3.59. The molecule has 1 heterocycles. The van der Waals surface area contributed by atoms with E-state index in [9.17, 15) is 13.6 Å². The molecule has 5 heteroatoms. The fourth-order valence-corrected chi connectivity index (χ4v) is 3.84. The molecule has 4 aromatic rings. The summed E-state index contributed by atoms with van der Waals surface area (Å²) in [6.45, 7) is 3.50. The third kappa shape index (κ3) is 5.42. The number of nitrogens with zero attached hydrogens (tertiary/aromatic N) is 2. The number of benzene rings is 3. The molecule has 3 aromatic carbocycles. The summed E-state index contributed by atoms with van der Waals surface area (Å²) in [5.41, 5.74) is 6.30. The number of hydrogen-bond donors (Lipinski definition) is 0. The van der Waals surface area contributed by atoms with Crippen molar-refractivity contribution in [2.75, 3.05) is 0 Å². The van der Waals surface area contributed by atoms with Gasteiger partial charge in [-0.05, 0) is 18.1 Å². The first-order valence-corrected chi connectivity index (χ1v) is 11.3. The Hall–Kier alpha value is -3.73. The van der Waals surface area contributed by atoms with E-state index in [4.69, 9.17) is 0 Å². The number of Topliss-reactive ketones (excluding diaryl/α,β-unsaturated/α-hetero) is 1. The predicted octanol–water partition coefficient (Wildman–Crippen LogP) is 6.98. The van der Waals surface area contributed by atoms with Crippen molar-refractivity contribution in [3.63, 3.8) is 0 Å². The van der Waals surface area contributed by atoms with Crippen LogP contribution in [0.2, 0.25) is 0 Å². The van der Waals surface area contributed by atoms with Gasteiger partial charge >= 0.3 is 0 Å². The van der Waals surface area contributed by atoms with Gasteiger partial charge in [0.15, 0.2) is 0 Å². The Balaban J connectivity index is 1.45. The molecule has 0 spiro atoms. The normalized spacial score (nSPS) is 11.4. The topological polar surface area (TPSA) is 42.9 Å². The molecule has 172 valence electrons. The smallest absolute Gasteiger partial charge is 0.273 e. The fraction of sp³-hybridized carbons (Fsp3) is 0.207. The third-order valence-electron chi connectivity index (χ3n) is 5.87. The van der Waals surface area contributed by atoms with E-state index in [-0.39, 0.29) is 30.6 Å². The molecule has 0 fully saturated rings. The summed E-state index contributed by atoms with van der Waals surface area (Å²) in [4.78, 5) is 21.6. The van der Waals surface area contributed by atoms with Crippen LogP contribution in [0.1, 0.15) is 35.6 Å². The van der Waals surface area contributed by atoms with Crippen LogP contribution in [0.25, 0.3) is 22.5 Å². The van der Waals surface area contributed by atoms with Crippen LogP contribution >= 0.6 is 0 Å². The van der Waals surface area contributed by atoms with Gasteiger partial charge in [-0.2, -0.15) is 0 Å². The van der Waals surface area contributed by atoms with Gasteiger partial charge < -0.3 is 0 Å². The van der Waals surface area contributed by atoms with E-state index >= 15 is 0 Å². The molecule has 0 aliphatic heterocycles. The molecular weight excluding hydrogens is 430 g/mol. The highest BCUT2D eigenvalue weighted by atomic mass is 19.3. The molecule has 0 atom stereocenters. The van der Waals surface area contributed by atoms with Gasteiger partial charge in [0, 0.05) is 48.3 Å². The number of carbonyl (C=O) groups excluding carboxylic acids is 1. The lowest BCUT2D eigenvalue weighted by atomic mass is 9.98. The summed E-state index contributed by atoms with van der Waals surface area (Å²) in [7, 11) is 0. The molecule has 0 saturated carbocycles. The van der Waals surface area contributed by atoms with Gasteiger partial charge in [-0.3, -0.25) is 14.8 Å². The number of alkyl halides is 2. The molecule has 0 radical (unpaired) electrons. The largest absolute Gasteiger partial charge is 0.299 e. The standard InChI is InChI=1S/C29H26F2N2O/c1-3-29(30,31)25-14-8-22(9-15-25)19-26(34)18-21-6-12-24(13-7-21)28-27(32-16-17-33-28)23-10-4-20(2)5-11-23/h4-17H,3,18-19H2,1-2H3. The SMILES string of the molecule is CCC(F)(F)c1ccc(CC(=O)Cc2ccc(-c3nccnc3-c3ccc(C)cc3)cc2)cc1. The highest BCUT2D eigenvalue weighted by Crippen LogP contribution is 2.31. The van der Waals surface area contributed by atoms with Gasteiger partial charge in [0.1, 0.15) is 5.78 Å². The lowest BCUT2D eigenvalue weighted by molar-refractivity contribution is -0.117. The molecular formula is C29H26F2N2O. The van der Waals surface area contributed by atoms with E-state index in [2.05, 4.69) is 9.97 Å². The maximum atomic E-state index is 13.8. The fourth-order valence-electron chi connectivity index (χ4n) is 3.84. The average molecular weight is 457 g/mol. The van der Waals surface area contributed by atoms with Gasteiger partial charge in [0.25, 0.3) is 5.92 Å². The number of rotatable bonds is 8. The molecule has 0 bridgehead atoms. The lowest BCUT2D eigenvalue weighted by Gasteiger charge is -2.14. The van der Waals surface area contributed by atoms with Gasteiger partial charge in [-0.25, -0.2) is 8.78 Å². The molecule has 0 unspecified atom stereocenters. The molecule has 0 aliphatic rings. The van der Waals surface area contributed by atoms with Crippen molar-refractivity contribution >= 4 is 5.78 Å². The van der Waals surface area contributed by atoms with Crippen molar-refractivity contribution in [1.29, 1.82) is 0 Å². The Morgan fingerprint density at radius 2 is 1.18 bits per heavy atom. The zero-order valence-electron chi connectivity index (χ0n) is 19.3. The first-order valence-electron chi connectivity index (χ1n) is 11.3. The Morgan fingerprint density at radius 1 is 0.735 bits per heavy atom. The second-order valence-corrected chi connectivity index (χ2v) is 8.46. The van der Waals surface area contributed by atoms with Crippen LogP contribution in [-0.2, 0) is 23.6 Å². The van der Waals surface area contributed by atoms with Gasteiger partial charge in [0.2, 0.25) is 0 Å². The van der Waals surface area contributed by atoms with Crippen molar-refractivity contribution in [2.24, 2.45) is 0 Å². The van der Waals surface area contributed by atoms with Crippen molar-refractivity contribution in [2.45, 2.75) is 39.0 Å². The minimum absolute atomic E-state index is 0.0178. The highest BCUT2D eigenvalue weighted by molar-refractivity contribution is 5.83. The molecule has 0 amide bonds. The quantitative estimate of drug-likeness (QED) is 0.287. The molecule has 0 saturated heterocycles. The number of ketones is 1. The van der Waals surface area contributed by atoms with Crippen molar-refractivity contribution in [1.82, 2.24) is 9.97 Å². The van der Waals surface area contributed by atoms with Crippen LogP contribution in [-0.4, -0.2) is 15.8 Å². The van der Waals surface area contributed by atoms with E-state index in [1.807, 2.05) is 55.5 Å². The molecule has 0 aliphatic carbocycles. The minimum Gasteiger partial charge on any atom is -0.299 e. The van der Waals surface area contributed by atoms with Crippen LogP contribution in [0.4, 0.5) is 8.78 Å². The molecule has 4 rings (SSSR count). The van der Waals surface area contributed by atoms with Crippen LogP contribution in [0, 0.1) is 6.92 Å². The summed E-state index contributed by atoms with van der Waals surface area (Å²) < 4.78 is 27.6. The number of aryl methyl sites for hydroxylation is 1. The molecule has 3 nitrogen and oxygen atoms in total. The number of carbonyl (C=O) groups is 1.